The molecule has 0 aliphatic rings. The lowest BCUT2D eigenvalue weighted by Crippen LogP contribution is -2.25. The Morgan fingerprint density at radius 2 is 0.840 bits per heavy atom. The second kappa shape index (κ2) is 6.63. The van der Waals surface area contributed by atoms with Crippen LogP contribution in [0.15, 0.2) is 48.5 Å². The van der Waals surface area contributed by atoms with E-state index in [1.54, 1.807) is 0 Å². The van der Waals surface area contributed by atoms with E-state index >= 15 is 0 Å². The van der Waals surface area contributed by atoms with Gasteiger partial charge in [0.2, 0.25) is 0 Å². The summed E-state index contributed by atoms with van der Waals surface area (Å²) in [5.41, 5.74) is 5.97. The van der Waals surface area contributed by atoms with Gasteiger partial charge < -0.3 is 0 Å². The van der Waals surface area contributed by atoms with Crippen LogP contribution in [0.4, 0.5) is 0 Å². The molecule has 0 aliphatic carbocycles. The van der Waals surface area contributed by atoms with Gasteiger partial charge >= 0.3 is 0 Å². The zero-order chi connectivity index (χ0) is 19.0. The second-order valence-electron chi connectivity index (χ2n) is 9.91. The molecule has 2 rings (SSSR count). The van der Waals surface area contributed by atoms with Crippen LogP contribution in [0.25, 0.3) is 0 Å². The predicted molar refractivity (Wildman–Crippen MR) is 112 cm³/mol. The highest BCUT2D eigenvalue weighted by atomic mass is 14.3. The highest BCUT2D eigenvalue weighted by Gasteiger charge is 2.27. The molecule has 0 N–H and O–H groups in total. The van der Waals surface area contributed by atoms with Gasteiger partial charge in [0.05, 0.1) is 0 Å². The van der Waals surface area contributed by atoms with E-state index in [0.29, 0.717) is 5.92 Å². The van der Waals surface area contributed by atoms with Crippen molar-refractivity contribution in [1.82, 2.24) is 0 Å². The molecule has 0 amide bonds. The van der Waals surface area contributed by atoms with Crippen molar-refractivity contribution >= 4 is 0 Å². The standard InChI is InChI=1S/C25H36/c1-18(2)24(6,7)20-14-16-22(17-15-20)25(8,9)21-12-10-19(11-13-21)23(3,4)5/h10-18H,1-9H3. The van der Waals surface area contributed by atoms with Crippen molar-refractivity contribution in [2.75, 3.05) is 0 Å². The summed E-state index contributed by atoms with van der Waals surface area (Å²) in [5.74, 6) is 0.622. The summed E-state index contributed by atoms with van der Waals surface area (Å²) < 4.78 is 0. The van der Waals surface area contributed by atoms with Crippen LogP contribution in [-0.4, -0.2) is 0 Å². The summed E-state index contributed by atoms with van der Waals surface area (Å²) in [7, 11) is 0. The first kappa shape index (κ1) is 19.8. The Labute approximate surface area is 155 Å². The summed E-state index contributed by atoms with van der Waals surface area (Å²) in [4.78, 5) is 0. The molecule has 0 radical (unpaired) electrons. The van der Waals surface area contributed by atoms with Crippen LogP contribution in [0.3, 0.4) is 0 Å². The molecule has 0 bridgehead atoms. The zero-order valence-corrected chi connectivity index (χ0v) is 17.7. The SMILES string of the molecule is CC(C)C(C)(C)c1ccc(C(C)(C)c2ccc(C(C)(C)C)cc2)cc1. The minimum Gasteiger partial charge on any atom is -0.0619 e. The van der Waals surface area contributed by atoms with Crippen molar-refractivity contribution in [3.05, 3.63) is 70.8 Å². The van der Waals surface area contributed by atoms with Gasteiger partial charge in [-0.25, -0.2) is 0 Å². The Kier molecular flexibility index (Phi) is 5.24. The predicted octanol–water partition coefficient (Wildman–Crippen LogP) is 7.24. The van der Waals surface area contributed by atoms with Crippen LogP contribution in [0.1, 0.15) is 84.6 Å². The third-order valence-corrected chi connectivity index (χ3v) is 6.27. The highest BCUT2D eigenvalue weighted by molar-refractivity contribution is 5.41. The van der Waals surface area contributed by atoms with Crippen LogP contribution in [-0.2, 0) is 16.2 Å². The maximum absolute atomic E-state index is 2.34. The molecule has 0 aromatic heterocycles. The molecule has 0 atom stereocenters. The lowest BCUT2D eigenvalue weighted by Gasteiger charge is -2.32. The molecular weight excluding hydrogens is 300 g/mol. The van der Waals surface area contributed by atoms with Gasteiger partial charge in [-0.3, -0.25) is 0 Å². The van der Waals surface area contributed by atoms with Crippen LogP contribution >= 0.6 is 0 Å². The average molecular weight is 337 g/mol. The molecule has 25 heavy (non-hydrogen) atoms. The van der Waals surface area contributed by atoms with Gasteiger partial charge in [0.25, 0.3) is 0 Å². The molecule has 0 saturated heterocycles. The quantitative estimate of drug-likeness (QED) is 0.552. The Balaban J connectivity index is 2.33. The van der Waals surface area contributed by atoms with Crippen molar-refractivity contribution in [3.8, 4) is 0 Å². The van der Waals surface area contributed by atoms with E-state index < -0.39 is 0 Å². The second-order valence-corrected chi connectivity index (χ2v) is 9.91. The maximum Gasteiger partial charge on any atom is 0.0146 e. The molecule has 0 unspecified atom stereocenters. The van der Waals surface area contributed by atoms with Crippen LogP contribution in [0.5, 0.6) is 0 Å². The van der Waals surface area contributed by atoms with Crippen LogP contribution in [0, 0.1) is 5.92 Å². The normalized spacial score (nSPS) is 13.4. The Morgan fingerprint density at radius 1 is 0.520 bits per heavy atom. The van der Waals surface area contributed by atoms with Crippen molar-refractivity contribution in [2.45, 2.75) is 78.6 Å². The Morgan fingerprint density at radius 3 is 1.16 bits per heavy atom. The van der Waals surface area contributed by atoms with E-state index in [-0.39, 0.29) is 16.2 Å². The van der Waals surface area contributed by atoms with Gasteiger partial charge in [0, 0.05) is 5.41 Å². The molecule has 0 fully saturated rings. The molecule has 0 heterocycles. The molecule has 2 aromatic rings. The van der Waals surface area contributed by atoms with Gasteiger partial charge in [-0.05, 0) is 39.0 Å². The Bertz CT molecular complexity index is 689. The van der Waals surface area contributed by atoms with E-state index in [2.05, 4.69) is 111 Å². The number of hydrogen-bond acceptors (Lipinski definition) is 0. The molecule has 0 aliphatic heterocycles. The number of hydrogen-bond donors (Lipinski definition) is 0. The van der Waals surface area contributed by atoms with Gasteiger partial charge in [0.1, 0.15) is 0 Å². The molecule has 0 nitrogen and oxygen atoms in total. The van der Waals surface area contributed by atoms with E-state index in [1.807, 2.05) is 0 Å². The monoisotopic (exact) mass is 336 g/mol. The molecule has 0 saturated carbocycles. The largest absolute Gasteiger partial charge is 0.0619 e. The molecule has 0 spiro atoms. The van der Waals surface area contributed by atoms with Gasteiger partial charge in [-0.1, -0.05) is 111 Å². The summed E-state index contributed by atoms with van der Waals surface area (Å²) in [6.07, 6.45) is 0. The van der Waals surface area contributed by atoms with Gasteiger partial charge in [0.15, 0.2) is 0 Å². The van der Waals surface area contributed by atoms with Crippen molar-refractivity contribution in [2.24, 2.45) is 5.92 Å². The molecule has 0 heteroatoms. The summed E-state index contributed by atoms with van der Waals surface area (Å²) >= 11 is 0. The topological polar surface area (TPSA) is 0 Å². The van der Waals surface area contributed by atoms with Crippen molar-refractivity contribution < 1.29 is 0 Å². The fourth-order valence-corrected chi connectivity index (χ4v) is 3.20. The first-order valence-electron chi connectivity index (χ1n) is 9.59. The van der Waals surface area contributed by atoms with Gasteiger partial charge in [-0.2, -0.15) is 0 Å². The first-order chi connectivity index (χ1) is 11.4. The smallest absolute Gasteiger partial charge is 0.0146 e. The third kappa shape index (κ3) is 4.00. The van der Waals surface area contributed by atoms with E-state index in [9.17, 15) is 0 Å². The molecular formula is C25H36. The lowest BCUT2D eigenvalue weighted by atomic mass is 9.73. The lowest BCUT2D eigenvalue weighted by molar-refractivity contribution is 0.372. The summed E-state index contributed by atoms with van der Waals surface area (Å²) in [5, 5.41) is 0. The fourth-order valence-electron chi connectivity index (χ4n) is 3.20. The fraction of sp³-hybridized carbons (Fsp3) is 0.520. The number of benzene rings is 2. The van der Waals surface area contributed by atoms with E-state index in [0.717, 1.165) is 0 Å². The maximum atomic E-state index is 2.34. The Hall–Kier alpha value is -1.56. The first-order valence-corrected chi connectivity index (χ1v) is 9.59. The van der Waals surface area contributed by atoms with Crippen molar-refractivity contribution in [1.29, 1.82) is 0 Å². The van der Waals surface area contributed by atoms with E-state index in [1.165, 1.54) is 22.3 Å². The number of rotatable bonds is 4. The van der Waals surface area contributed by atoms with Crippen molar-refractivity contribution in [3.63, 3.8) is 0 Å². The third-order valence-electron chi connectivity index (χ3n) is 6.27. The van der Waals surface area contributed by atoms with Crippen LogP contribution < -0.4 is 0 Å². The van der Waals surface area contributed by atoms with E-state index in [4.69, 9.17) is 0 Å². The summed E-state index contributed by atoms with van der Waals surface area (Å²) in [6.45, 7) is 20.7. The molecule has 2 aromatic carbocycles. The van der Waals surface area contributed by atoms with Gasteiger partial charge in [-0.15, -0.1) is 0 Å². The minimum absolute atomic E-state index is 0.0108. The minimum atomic E-state index is 0.0108. The summed E-state index contributed by atoms with van der Waals surface area (Å²) in [6, 6.07) is 18.4. The highest BCUT2D eigenvalue weighted by Crippen LogP contribution is 2.36. The molecule has 136 valence electrons. The zero-order valence-electron chi connectivity index (χ0n) is 17.7. The average Bonchev–Trinajstić information content (AvgIpc) is 2.54. The van der Waals surface area contributed by atoms with Crippen LogP contribution in [0.2, 0.25) is 0 Å².